The van der Waals surface area contributed by atoms with Crippen molar-refractivity contribution in [3.8, 4) is 0 Å². The quantitative estimate of drug-likeness (QED) is 0.504. The number of likely N-dealkylation sites (tertiary alicyclic amines) is 1. The molecule has 1 saturated heterocycles. The van der Waals surface area contributed by atoms with Gasteiger partial charge < -0.3 is 20.1 Å². The van der Waals surface area contributed by atoms with Crippen LogP contribution in [0.5, 0.6) is 0 Å². The third-order valence-electron chi connectivity index (χ3n) is 6.16. The number of pyridine rings is 2. The number of urea groups is 1. The molecule has 180 valence electrons. The summed E-state index contributed by atoms with van der Waals surface area (Å²) in [5.41, 5.74) is 2.98. The SMILES string of the molecule is Cc1cc(C)c(CNC(=O)c2cc(Br)nc3c2cnn3C2CCN(C(=O)N(C)C)CC2)c(=O)[nH]1. The largest absolute Gasteiger partial charge is 0.348 e. The Kier molecular flexibility index (Phi) is 6.74. The van der Waals surface area contributed by atoms with Gasteiger partial charge in [0, 0.05) is 45.0 Å². The summed E-state index contributed by atoms with van der Waals surface area (Å²) in [6.07, 6.45) is 3.16. The summed E-state index contributed by atoms with van der Waals surface area (Å²) in [5, 5.41) is 8.05. The Labute approximate surface area is 205 Å². The zero-order chi connectivity index (χ0) is 24.6. The highest BCUT2D eigenvalue weighted by molar-refractivity contribution is 9.10. The number of aromatic nitrogens is 4. The number of hydrogen-bond donors (Lipinski definition) is 2. The fraction of sp³-hybridized carbons (Fsp3) is 0.435. The van der Waals surface area contributed by atoms with E-state index in [1.807, 2.05) is 29.5 Å². The second-order valence-corrected chi connectivity index (χ2v) is 9.65. The van der Waals surface area contributed by atoms with Crippen molar-refractivity contribution in [2.75, 3.05) is 27.2 Å². The molecular weight excluding hydrogens is 502 g/mol. The molecule has 34 heavy (non-hydrogen) atoms. The summed E-state index contributed by atoms with van der Waals surface area (Å²) in [6, 6.07) is 3.63. The van der Waals surface area contributed by atoms with Crippen molar-refractivity contribution in [2.45, 2.75) is 39.3 Å². The maximum Gasteiger partial charge on any atom is 0.319 e. The molecule has 0 saturated carbocycles. The molecule has 3 aromatic rings. The first-order chi connectivity index (χ1) is 16.2. The van der Waals surface area contributed by atoms with Crippen molar-refractivity contribution in [1.29, 1.82) is 0 Å². The number of halogens is 1. The summed E-state index contributed by atoms with van der Waals surface area (Å²) < 4.78 is 2.37. The highest BCUT2D eigenvalue weighted by Crippen LogP contribution is 2.28. The molecule has 10 nitrogen and oxygen atoms in total. The van der Waals surface area contributed by atoms with E-state index in [1.165, 1.54) is 0 Å². The number of nitrogens with zero attached hydrogens (tertiary/aromatic N) is 5. The maximum absolute atomic E-state index is 13.1. The Balaban J connectivity index is 1.55. The Morgan fingerprint density at radius 1 is 1.24 bits per heavy atom. The first kappa shape index (κ1) is 23.9. The first-order valence-corrected chi connectivity index (χ1v) is 11.9. The first-order valence-electron chi connectivity index (χ1n) is 11.1. The standard InChI is InChI=1S/C23H28BrN7O3/c1-13-9-14(2)27-22(33)17(13)11-25-21(32)16-10-19(24)28-20-18(16)12-26-31(20)15-5-7-30(8-6-15)23(34)29(3)4/h9-10,12,15H,5-8,11H2,1-4H3,(H,25,32)(H,27,33). The summed E-state index contributed by atoms with van der Waals surface area (Å²) in [6.45, 7) is 5.06. The molecule has 1 fully saturated rings. The van der Waals surface area contributed by atoms with Gasteiger partial charge in [0.05, 0.1) is 23.2 Å². The van der Waals surface area contributed by atoms with E-state index in [-0.39, 0.29) is 30.1 Å². The molecule has 11 heteroatoms. The van der Waals surface area contributed by atoms with Crippen LogP contribution in [0.1, 0.15) is 46.1 Å². The lowest BCUT2D eigenvalue weighted by molar-refractivity contribution is 0.0952. The average Bonchev–Trinajstić information content (AvgIpc) is 3.20. The van der Waals surface area contributed by atoms with E-state index in [1.54, 1.807) is 31.3 Å². The molecule has 3 aromatic heterocycles. The van der Waals surface area contributed by atoms with Crippen LogP contribution in [0.15, 0.2) is 27.7 Å². The van der Waals surface area contributed by atoms with Crippen LogP contribution in [0, 0.1) is 13.8 Å². The van der Waals surface area contributed by atoms with Gasteiger partial charge in [0.15, 0.2) is 5.65 Å². The van der Waals surface area contributed by atoms with Gasteiger partial charge in [0.1, 0.15) is 4.60 Å². The van der Waals surface area contributed by atoms with Crippen LogP contribution in [-0.4, -0.2) is 68.7 Å². The number of nitrogens with one attached hydrogen (secondary N) is 2. The van der Waals surface area contributed by atoms with Crippen molar-refractivity contribution >= 4 is 38.9 Å². The molecule has 1 aliphatic rings. The number of carbonyl (C=O) groups excluding carboxylic acids is 2. The van der Waals surface area contributed by atoms with Crippen molar-refractivity contribution < 1.29 is 9.59 Å². The van der Waals surface area contributed by atoms with Crippen LogP contribution in [0.4, 0.5) is 4.79 Å². The molecule has 0 spiro atoms. The number of carbonyl (C=O) groups is 2. The summed E-state index contributed by atoms with van der Waals surface area (Å²) >= 11 is 3.42. The summed E-state index contributed by atoms with van der Waals surface area (Å²) in [7, 11) is 3.50. The van der Waals surface area contributed by atoms with Crippen LogP contribution in [0.25, 0.3) is 11.0 Å². The fourth-order valence-electron chi connectivity index (χ4n) is 4.39. The van der Waals surface area contributed by atoms with Gasteiger partial charge >= 0.3 is 6.03 Å². The van der Waals surface area contributed by atoms with Crippen LogP contribution in [0.3, 0.4) is 0 Å². The van der Waals surface area contributed by atoms with E-state index in [9.17, 15) is 14.4 Å². The highest BCUT2D eigenvalue weighted by Gasteiger charge is 2.27. The maximum atomic E-state index is 13.1. The van der Waals surface area contributed by atoms with E-state index in [0.717, 1.165) is 24.1 Å². The number of H-pyrrole nitrogens is 1. The van der Waals surface area contributed by atoms with Crippen molar-refractivity contribution in [3.05, 3.63) is 55.7 Å². The molecule has 0 aromatic carbocycles. The lowest BCUT2D eigenvalue weighted by atomic mass is 10.1. The molecule has 3 amide bonds. The third kappa shape index (κ3) is 4.70. The van der Waals surface area contributed by atoms with E-state index in [0.29, 0.717) is 39.9 Å². The minimum absolute atomic E-state index is 0.00579. The van der Waals surface area contributed by atoms with Gasteiger partial charge in [-0.05, 0) is 60.3 Å². The predicted molar refractivity (Wildman–Crippen MR) is 132 cm³/mol. The number of rotatable bonds is 4. The Morgan fingerprint density at radius 3 is 2.59 bits per heavy atom. The van der Waals surface area contributed by atoms with E-state index >= 15 is 0 Å². The minimum Gasteiger partial charge on any atom is -0.348 e. The molecular formula is C23H28BrN7O3. The van der Waals surface area contributed by atoms with E-state index in [4.69, 9.17) is 0 Å². The fourth-order valence-corrected chi connectivity index (χ4v) is 4.79. The minimum atomic E-state index is -0.307. The summed E-state index contributed by atoms with van der Waals surface area (Å²) in [5.74, 6) is -0.307. The lowest BCUT2D eigenvalue weighted by Gasteiger charge is -2.33. The Bertz CT molecular complexity index is 1310. The van der Waals surface area contributed by atoms with E-state index in [2.05, 4.69) is 36.3 Å². The van der Waals surface area contributed by atoms with Gasteiger partial charge in [-0.3, -0.25) is 9.59 Å². The van der Waals surface area contributed by atoms with Crippen LogP contribution in [-0.2, 0) is 6.54 Å². The van der Waals surface area contributed by atoms with Crippen molar-refractivity contribution in [2.24, 2.45) is 0 Å². The third-order valence-corrected chi connectivity index (χ3v) is 6.57. The number of hydrogen-bond acceptors (Lipinski definition) is 5. The molecule has 0 aliphatic carbocycles. The number of amides is 3. The Hall–Kier alpha value is -3.21. The predicted octanol–water partition coefficient (Wildman–Crippen LogP) is 2.75. The van der Waals surface area contributed by atoms with Crippen LogP contribution >= 0.6 is 15.9 Å². The smallest absolute Gasteiger partial charge is 0.319 e. The average molecular weight is 530 g/mol. The van der Waals surface area contributed by atoms with Crippen LogP contribution < -0.4 is 10.9 Å². The zero-order valence-electron chi connectivity index (χ0n) is 19.7. The molecule has 1 aliphatic heterocycles. The molecule has 0 radical (unpaired) electrons. The lowest BCUT2D eigenvalue weighted by Crippen LogP contribution is -2.44. The summed E-state index contributed by atoms with van der Waals surface area (Å²) in [4.78, 5) is 48.4. The van der Waals surface area contributed by atoms with Gasteiger partial charge in [-0.15, -0.1) is 0 Å². The number of aromatic amines is 1. The number of aryl methyl sites for hydroxylation is 2. The molecule has 0 unspecified atom stereocenters. The van der Waals surface area contributed by atoms with Gasteiger partial charge in [-0.1, -0.05) is 0 Å². The Morgan fingerprint density at radius 2 is 1.94 bits per heavy atom. The van der Waals surface area contributed by atoms with Crippen LogP contribution in [0.2, 0.25) is 0 Å². The van der Waals surface area contributed by atoms with Gasteiger partial charge in [0.2, 0.25) is 0 Å². The molecule has 4 heterocycles. The number of fused-ring (bicyclic) bond motifs is 1. The van der Waals surface area contributed by atoms with Crippen molar-refractivity contribution in [3.63, 3.8) is 0 Å². The zero-order valence-corrected chi connectivity index (χ0v) is 21.3. The highest BCUT2D eigenvalue weighted by atomic mass is 79.9. The van der Waals surface area contributed by atoms with Gasteiger partial charge in [-0.25, -0.2) is 14.5 Å². The molecule has 4 rings (SSSR count). The monoisotopic (exact) mass is 529 g/mol. The van der Waals surface area contributed by atoms with E-state index < -0.39 is 0 Å². The van der Waals surface area contributed by atoms with Crippen molar-refractivity contribution in [1.82, 2.24) is 34.9 Å². The van der Waals surface area contributed by atoms with Gasteiger partial charge in [-0.2, -0.15) is 5.10 Å². The van der Waals surface area contributed by atoms with Gasteiger partial charge in [0.25, 0.3) is 11.5 Å². The normalized spacial score (nSPS) is 14.4. The molecule has 2 N–H and O–H groups in total. The second kappa shape index (κ2) is 9.57. The second-order valence-electron chi connectivity index (χ2n) is 8.84. The molecule has 0 bridgehead atoms. The number of piperidine rings is 1. The molecule has 0 atom stereocenters. The topological polar surface area (TPSA) is 116 Å².